The molecule has 19 heavy (non-hydrogen) atoms. The molecular weight excluding hydrogens is 238 g/mol. The summed E-state index contributed by atoms with van der Waals surface area (Å²) in [6, 6.07) is 2.00. The summed E-state index contributed by atoms with van der Waals surface area (Å²) in [6.45, 7) is 6.37. The van der Waals surface area contributed by atoms with Gasteiger partial charge in [-0.3, -0.25) is 14.3 Å². The number of aryl methyl sites for hydroxylation is 1. The van der Waals surface area contributed by atoms with Crippen molar-refractivity contribution >= 4 is 10.9 Å². The van der Waals surface area contributed by atoms with Crippen molar-refractivity contribution < 1.29 is 0 Å². The monoisotopic (exact) mass is 255 g/mol. The van der Waals surface area contributed by atoms with Crippen LogP contribution in [0.4, 0.5) is 0 Å². The van der Waals surface area contributed by atoms with Gasteiger partial charge < -0.3 is 0 Å². The van der Waals surface area contributed by atoms with Crippen molar-refractivity contribution in [3.63, 3.8) is 0 Å². The van der Waals surface area contributed by atoms with Gasteiger partial charge in [0.05, 0.1) is 22.9 Å². The lowest BCUT2D eigenvalue weighted by atomic mass is 10.1. The zero-order valence-electron chi connectivity index (χ0n) is 11.6. The summed E-state index contributed by atoms with van der Waals surface area (Å²) in [7, 11) is 1.91. The molecule has 0 atom stereocenters. The Hall–Kier alpha value is -2.17. The first-order chi connectivity index (χ1) is 8.93. The number of hydrogen-bond donors (Lipinski definition) is 0. The summed E-state index contributed by atoms with van der Waals surface area (Å²) in [5.74, 6) is 0. The lowest BCUT2D eigenvalue weighted by Gasteiger charge is -2.18. The van der Waals surface area contributed by atoms with Crippen LogP contribution in [0.25, 0.3) is 22.2 Å². The van der Waals surface area contributed by atoms with E-state index in [1.54, 1.807) is 4.68 Å². The molecule has 3 heterocycles. The molecule has 5 nitrogen and oxygen atoms in total. The Morgan fingerprint density at radius 2 is 1.89 bits per heavy atom. The van der Waals surface area contributed by atoms with Crippen molar-refractivity contribution in [1.29, 1.82) is 0 Å². The molecule has 0 aliphatic heterocycles. The number of pyridine rings is 1. The van der Waals surface area contributed by atoms with Crippen LogP contribution in [0.3, 0.4) is 0 Å². The van der Waals surface area contributed by atoms with Crippen LogP contribution in [0.5, 0.6) is 0 Å². The average molecular weight is 255 g/mol. The van der Waals surface area contributed by atoms with E-state index in [4.69, 9.17) is 0 Å². The van der Waals surface area contributed by atoms with Gasteiger partial charge in [-0.05, 0) is 26.8 Å². The Balaban J connectivity index is 2.06. The summed E-state index contributed by atoms with van der Waals surface area (Å²) in [4.78, 5) is 4.48. The minimum Gasteiger partial charge on any atom is -0.275 e. The zero-order chi connectivity index (χ0) is 13.6. The Labute approximate surface area is 111 Å². The standard InChI is InChI=1S/C14H17N5/c1-14(2,3)19-9-11(7-16-19)12-5-13-10(6-15-12)8-18(4)17-13/h5-9H,1-4H3. The molecule has 3 aromatic heterocycles. The quantitative estimate of drug-likeness (QED) is 0.671. The molecule has 0 fully saturated rings. The summed E-state index contributed by atoms with van der Waals surface area (Å²) < 4.78 is 3.75. The smallest absolute Gasteiger partial charge is 0.0960 e. The topological polar surface area (TPSA) is 48.5 Å². The molecule has 0 saturated heterocycles. The van der Waals surface area contributed by atoms with E-state index in [0.717, 1.165) is 22.2 Å². The van der Waals surface area contributed by atoms with Crippen molar-refractivity contribution in [1.82, 2.24) is 24.5 Å². The average Bonchev–Trinajstić information content (AvgIpc) is 2.90. The maximum absolute atomic E-state index is 4.48. The third-order valence-corrected chi connectivity index (χ3v) is 3.07. The Kier molecular flexibility index (Phi) is 2.45. The SMILES string of the molecule is Cn1cc2cnc(-c3cnn(C(C)(C)C)c3)cc2n1. The van der Waals surface area contributed by atoms with Crippen LogP contribution >= 0.6 is 0 Å². The predicted molar refractivity (Wildman–Crippen MR) is 74.7 cm³/mol. The Morgan fingerprint density at radius 1 is 1.11 bits per heavy atom. The van der Waals surface area contributed by atoms with Crippen molar-refractivity contribution in [2.24, 2.45) is 7.05 Å². The largest absolute Gasteiger partial charge is 0.275 e. The van der Waals surface area contributed by atoms with Crippen LogP contribution in [-0.2, 0) is 12.6 Å². The van der Waals surface area contributed by atoms with E-state index in [2.05, 4.69) is 36.0 Å². The first-order valence-electron chi connectivity index (χ1n) is 6.28. The minimum absolute atomic E-state index is 0.0205. The summed E-state index contributed by atoms with van der Waals surface area (Å²) >= 11 is 0. The number of aromatic nitrogens is 5. The van der Waals surface area contributed by atoms with Gasteiger partial charge >= 0.3 is 0 Å². The number of fused-ring (bicyclic) bond motifs is 1. The lowest BCUT2D eigenvalue weighted by molar-refractivity contribution is 0.355. The van der Waals surface area contributed by atoms with Gasteiger partial charge in [0.1, 0.15) is 0 Å². The van der Waals surface area contributed by atoms with Crippen molar-refractivity contribution in [2.75, 3.05) is 0 Å². The maximum atomic E-state index is 4.48. The van der Waals surface area contributed by atoms with E-state index in [1.165, 1.54) is 0 Å². The first-order valence-corrected chi connectivity index (χ1v) is 6.28. The van der Waals surface area contributed by atoms with Gasteiger partial charge in [-0.15, -0.1) is 0 Å². The third-order valence-electron chi connectivity index (χ3n) is 3.07. The minimum atomic E-state index is -0.0205. The number of rotatable bonds is 1. The Morgan fingerprint density at radius 3 is 2.58 bits per heavy atom. The lowest BCUT2D eigenvalue weighted by Crippen LogP contribution is -2.21. The fraction of sp³-hybridized carbons (Fsp3) is 0.357. The molecule has 0 bridgehead atoms. The van der Waals surface area contributed by atoms with E-state index < -0.39 is 0 Å². The molecule has 3 aromatic rings. The number of hydrogen-bond acceptors (Lipinski definition) is 3. The van der Waals surface area contributed by atoms with E-state index in [9.17, 15) is 0 Å². The summed E-state index contributed by atoms with van der Waals surface area (Å²) in [6.07, 6.45) is 7.69. The fourth-order valence-corrected chi connectivity index (χ4v) is 2.02. The molecule has 0 aliphatic rings. The molecule has 0 amide bonds. The van der Waals surface area contributed by atoms with E-state index in [0.29, 0.717) is 0 Å². The molecule has 98 valence electrons. The molecule has 3 rings (SSSR count). The summed E-state index contributed by atoms with van der Waals surface area (Å²) in [5, 5.41) is 9.85. The molecule has 0 N–H and O–H groups in total. The molecule has 0 aliphatic carbocycles. The molecule has 0 aromatic carbocycles. The molecule has 0 saturated carbocycles. The molecule has 0 unspecified atom stereocenters. The van der Waals surface area contributed by atoms with E-state index >= 15 is 0 Å². The highest BCUT2D eigenvalue weighted by molar-refractivity contribution is 5.81. The van der Waals surface area contributed by atoms with Crippen LogP contribution in [0.2, 0.25) is 0 Å². The van der Waals surface area contributed by atoms with Crippen LogP contribution in [0.15, 0.2) is 30.9 Å². The predicted octanol–water partition coefficient (Wildman–Crippen LogP) is 2.59. The van der Waals surface area contributed by atoms with Crippen LogP contribution in [-0.4, -0.2) is 24.5 Å². The zero-order valence-corrected chi connectivity index (χ0v) is 11.6. The van der Waals surface area contributed by atoms with E-state index in [-0.39, 0.29) is 5.54 Å². The second-order valence-corrected chi connectivity index (χ2v) is 5.78. The highest BCUT2D eigenvalue weighted by Crippen LogP contribution is 2.22. The molecule has 0 spiro atoms. The number of nitrogens with zero attached hydrogens (tertiary/aromatic N) is 5. The van der Waals surface area contributed by atoms with Gasteiger partial charge in [0.25, 0.3) is 0 Å². The maximum Gasteiger partial charge on any atom is 0.0960 e. The van der Waals surface area contributed by atoms with Crippen molar-refractivity contribution in [3.8, 4) is 11.3 Å². The molecule has 5 heteroatoms. The van der Waals surface area contributed by atoms with Gasteiger partial charge in [0.15, 0.2) is 0 Å². The second kappa shape index (κ2) is 3.91. The van der Waals surface area contributed by atoms with Gasteiger partial charge in [0.2, 0.25) is 0 Å². The van der Waals surface area contributed by atoms with E-state index in [1.807, 2.05) is 42.6 Å². The van der Waals surface area contributed by atoms with Crippen LogP contribution in [0.1, 0.15) is 20.8 Å². The van der Waals surface area contributed by atoms with Gasteiger partial charge in [-0.25, -0.2) is 0 Å². The fourth-order valence-electron chi connectivity index (χ4n) is 2.02. The highest BCUT2D eigenvalue weighted by atomic mass is 15.3. The van der Waals surface area contributed by atoms with Crippen LogP contribution < -0.4 is 0 Å². The molecular formula is C14H17N5. The highest BCUT2D eigenvalue weighted by Gasteiger charge is 2.15. The van der Waals surface area contributed by atoms with Crippen LogP contribution in [0, 0.1) is 0 Å². The summed E-state index contributed by atoms with van der Waals surface area (Å²) in [5.41, 5.74) is 2.85. The normalized spacial score (nSPS) is 12.2. The van der Waals surface area contributed by atoms with Crippen molar-refractivity contribution in [2.45, 2.75) is 26.3 Å². The Bertz CT molecular complexity index is 730. The van der Waals surface area contributed by atoms with Gasteiger partial charge in [0, 0.05) is 36.6 Å². The first kappa shape index (κ1) is 11.9. The van der Waals surface area contributed by atoms with Crippen molar-refractivity contribution in [3.05, 3.63) is 30.9 Å². The second-order valence-electron chi connectivity index (χ2n) is 5.78. The van der Waals surface area contributed by atoms with Gasteiger partial charge in [-0.1, -0.05) is 0 Å². The third kappa shape index (κ3) is 2.12. The molecule has 0 radical (unpaired) electrons. The van der Waals surface area contributed by atoms with Gasteiger partial charge in [-0.2, -0.15) is 10.2 Å².